The molecule has 94 valence electrons. The normalized spacial score (nSPS) is 19.4. The first-order chi connectivity index (χ1) is 7.74. The van der Waals surface area contributed by atoms with Crippen LogP contribution in [-0.4, -0.2) is 38.4 Å². The first-order valence-electron chi connectivity index (χ1n) is 6.19. The van der Waals surface area contributed by atoms with E-state index in [4.69, 9.17) is 9.47 Å². The fourth-order valence-corrected chi connectivity index (χ4v) is 1.94. The van der Waals surface area contributed by atoms with E-state index in [1.807, 2.05) is 6.92 Å². The van der Waals surface area contributed by atoms with Crippen LogP contribution in [0.3, 0.4) is 0 Å². The van der Waals surface area contributed by atoms with E-state index < -0.39 is 0 Å². The summed E-state index contributed by atoms with van der Waals surface area (Å²) in [6, 6.07) is 0.224. The number of ether oxygens (including phenoxy) is 2. The second kappa shape index (κ2) is 7.63. The van der Waals surface area contributed by atoms with Crippen molar-refractivity contribution in [2.45, 2.75) is 39.2 Å². The molecule has 16 heavy (non-hydrogen) atoms. The molecule has 1 unspecified atom stereocenters. The summed E-state index contributed by atoms with van der Waals surface area (Å²) in [5.41, 5.74) is 0. The Morgan fingerprint density at radius 2 is 2.19 bits per heavy atom. The van der Waals surface area contributed by atoms with E-state index in [1.54, 1.807) is 0 Å². The zero-order valence-corrected chi connectivity index (χ0v) is 10.3. The molecule has 1 amide bonds. The maximum atomic E-state index is 11.5. The quantitative estimate of drug-likeness (QED) is 0.699. The number of nitrogens with one attached hydrogen (secondary N) is 1. The number of hydrogen-bond donors (Lipinski definition) is 1. The SMILES string of the molecule is CCCOCC(=O)NC(C)C1CCOCC1. The van der Waals surface area contributed by atoms with Crippen molar-refractivity contribution in [3.63, 3.8) is 0 Å². The van der Waals surface area contributed by atoms with E-state index in [2.05, 4.69) is 12.2 Å². The van der Waals surface area contributed by atoms with Crippen LogP contribution >= 0.6 is 0 Å². The average Bonchev–Trinajstić information content (AvgIpc) is 2.30. The summed E-state index contributed by atoms with van der Waals surface area (Å²) in [5, 5.41) is 2.99. The van der Waals surface area contributed by atoms with Gasteiger partial charge in [0.05, 0.1) is 0 Å². The lowest BCUT2D eigenvalue weighted by Crippen LogP contribution is -2.41. The van der Waals surface area contributed by atoms with Gasteiger partial charge in [0.1, 0.15) is 6.61 Å². The van der Waals surface area contributed by atoms with Gasteiger partial charge in [-0.1, -0.05) is 6.92 Å². The summed E-state index contributed by atoms with van der Waals surface area (Å²) >= 11 is 0. The molecule has 0 aromatic carbocycles. The van der Waals surface area contributed by atoms with E-state index in [0.717, 1.165) is 32.5 Å². The van der Waals surface area contributed by atoms with Crippen LogP contribution in [0, 0.1) is 5.92 Å². The fourth-order valence-electron chi connectivity index (χ4n) is 1.94. The lowest BCUT2D eigenvalue weighted by molar-refractivity contribution is -0.126. The minimum Gasteiger partial charge on any atom is -0.381 e. The van der Waals surface area contributed by atoms with Gasteiger partial charge in [0.2, 0.25) is 5.91 Å². The van der Waals surface area contributed by atoms with Crippen molar-refractivity contribution in [3.8, 4) is 0 Å². The topological polar surface area (TPSA) is 47.6 Å². The Balaban J connectivity index is 2.16. The molecule has 1 saturated heterocycles. The van der Waals surface area contributed by atoms with Crippen molar-refractivity contribution >= 4 is 5.91 Å². The largest absolute Gasteiger partial charge is 0.381 e. The number of hydrogen-bond acceptors (Lipinski definition) is 3. The average molecular weight is 229 g/mol. The second-order valence-electron chi connectivity index (χ2n) is 4.36. The lowest BCUT2D eigenvalue weighted by atomic mass is 9.93. The van der Waals surface area contributed by atoms with Crippen molar-refractivity contribution in [1.82, 2.24) is 5.32 Å². The second-order valence-corrected chi connectivity index (χ2v) is 4.36. The third-order valence-electron chi connectivity index (χ3n) is 2.94. The Bertz CT molecular complexity index is 202. The molecule has 1 heterocycles. The van der Waals surface area contributed by atoms with Crippen LogP contribution in [0.4, 0.5) is 0 Å². The molecule has 1 aliphatic rings. The highest BCUT2D eigenvalue weighted by atomic mass is 16.5. The van der Waals surface area contributed by atoms with E-state index in [9.17, 15) is 4.79 Å². The van der Waals surface area contributed by atoms with Crippen LogP contribution < -0.4 is 5.32 Å². The van der Waals surface area contributed by atoms with Gasteiger partial charge in [-0.25, -0.2) is 0 Å². The molecule has 4 nitrogen and oxygen atoms in total. The monoisotopic (exact) mass is 229 g/mol. The Labute approximate surface area is 97.7 Å². The van der Waals surface area contributed by atoms with Crippen molar-refractivity contribution < 1.29 is 14.3 Å². The number of carbonyl (C=O) groups excluding carboxylic acids is 1. The maximum Gasteiger partial charge on any atom is 0.246 e. The molecule has 0 spiro atoms. The third-order valence-corrected chi connectivity index (χ3v) is 2.94. The van der Waals surface area contributed by atoms with Crippen molar-refractivity contribution in [2.75, 3.05) is 26.4 Å². The minimum absolute atomic E-state index is 0.00700. The van der Waals surface area contributed by atoms with E-state index in [1.165, 1.54) is 0 Å². The Morgan fingerprint density at radius 1 is 1.50 bits per heavy atom. The van der Waals surface area contributed by atoms with E-state index in [0.29, 0.717) is 12.5 Å². The highest BCUT2D eigenvalue weighted by molar-refractivity contribution is 5.77. The smallest absolute Gasteiger partial charge is 0.246 e. The van der Waals surface area contributed by atoms with Gasteiger partial charge in [-0.05, 0) is 32.1 Å². The van der Waals surface area contributed by atoms with E-state index in [-0.39, 0.29) is 18.6 Å². The van der Waals surface area contributed by atoms with Gasteiger partial charge in [-0.2, -0.15) is 0 Å². The molecular formula is C12H23NO3. The summed E-state index contributed by atoms with van der Waals surface area (Å²) in [6.07, 6.45) is 3.03. The van der Waals surface area contributed by atoms with Crippen LogP contribution in [0.5, 0.6) is 0 Å². The van der Waals surface area contributed by atoms with Gasteiger partial charge in [-0.3, -0.25) is 4.79 Å². The van der Waals surface area contributed by atoms with Crippen LogP contribution in [0.2, 0.25) is 0 Å². The Morgan fingerprint density at radius 3 is 2.81 bits per heavy atom. The Hall–Kier alpha value is -0.610. The molecule has 1 aliphatic heterocycles. The molecule has 0 aromatic rings. The van der Waals surface area contributed by atoms with Crippen LogP contribution in [-0.2, 0) is 14.3 Å². The molecular weight excluding hydrogens is 206 g/mol. The van der Waals surface area contributed by atoms with Gasteiger partial charge < -0.3 is 14.8 Å². The molecule has 0 saturated carbocycles. The zero-order chi connectivity index (χ0) is 11.8. The van der Waals surface area contributed by atoms with Crippen LogP contribution in [0.1, 0.15) is 33.1 Å². The number of amides is 1. The zero-order valence-electron chi connectivity index (χ0n) is 10.3. The van der Waals surface area contributed by atoms with Gasteiger partial charge in [0.15, 0.2) is 0 Å². The highest BCUT2D eigenvalue weighted by Crippen LogP contribution is 2.18. The molecule has 0 radical (unpaired) electrons. The highest BCUT2D eigenvalue weighted by Gasteiger charge is 2.21. The molecule has 1 fully saturated rings. The van der Waals surface area contributed by atoms with Gasteiger partial charge in [0.25, 0.3) is 0 Å². The summed E-state index contributed by atoms with van der Waals surface area (Å²) in [7, 11) is 0. The molecule has 1 rings (SSSR count). The Kier molecular flexibility index (Phi) is 6.42. The molecule has 1 atom stereocenters. The molecule has 1 N–H and O–H groups in total. The van der Waals surface area contributed by atoms with E-state index >= 15 is 0 Å². The number of rotatable bonds is 6. The third kappa shape index (κ3) is 4.94. The summed E-state index contributed by atoms with van der Waals surface area (Å²) < 4.78 is 10.5. The molecule has 0 aromatic heterocycles. The van der Waals surface area contributed by atoms with Crippen molar-refractivity contribution in [3.05, 3.63) is 0 Å². The van der Waals surface area contributed by atoms with Crippen molar-refractivity contribution in [1.29, 1.82) is 0 Å². The van der Waals surface area contributed by atoms with Gasteiger partial charge >= 0.3 is 0 Å². The fraction of sp³-hybridized carbons (Fsp3) is 0.917. The lowest BCUT2D eigenvalue weighted by Gasteiger charge is -2.28. The predicted octanol–water partition coefficient (Wildman–Crippen LogP) is 1.34. The van der Waals surface area contributed by atoms with Gasteiger partial charge in [-0.15, -0.1) is 0 Å². The van der Waals surface area contributed by atoms with Crippen LogP contribution in [0.15, 0.2) is 0 Å². The van der Waals surface area contributed by atoms with Crippen LogP contribution in [0.25, 0.3) is 0 Å². The van der Waals surface area contributed by atoms with Gasteiger partial charge in [0, 0.05) is 25.9 Å². The molecule has 0 aliphatic carbocycles. The molecule has 4 heteroatoms. The first kappa shape index (κ1) is 13.5. The van der Waals surface area contributed by atoms with Crippen molar-refractivity contribution in [2.24, 2.45) is 5.92 Å². The minimum atomic E-state index is -0.00700. The maximum absolute atomic E-state index is 11.5. The predicted molar refractivity (Wildman–Crippen MR) is 62.3 cm³/mol. The summed E-state index contributed by atoms with van der Waals surface area (Å²) in [4.78, 5) is 11.5. The first-order valence-corrected chi connectivity index (χ1v) is 6.19. The summed E-state index contributed by atoms with van der Waals surface area (Å²) in [6.45, 7) is 6.56. The molecule has 0 bridgehead atoms. The standard InChI is InChI=1S/C12H23NO3/c1-3-6-16-9-12(14)13-10(2)11-4-7-15-8-5-11/h10-11H,3-9H2,1-2H3,(H,13,14). The number of carbonyl (C=O) groups is 1. The summed E-state index contributed by atoms with van der Waals surface area (Å²) in [5.74, 6) is 0.538.